The number of phenolic OH excluding ortho intramolecular Hbond substituents is 2. The van der Waals surface area contributed by atoms with Crippen LogP contribution in [0.25, 0.3) is 10.9 Å². The molecule has 1 aromatic heterocycles. The van der Waals surface area contributed by atoms with Crippen LogP contribution in [0.5, 0.6) is 11.5 Å². The summed E-state index contributed by atoms with van der Waals surface area (Å²) < 4.78 is 51.1. The van der Waals surface area contributed by atoms with Crippen LogP contribution in [0, 0.1) is 28.8 Å². The van der Waals surface area contributed by atoms with Crippen LogP contribution in [-0.2, 0) is 120 Å². The molecule has 13 atom stereocenters. The van der Waals surface area contributed by atoms with Crippen molar-refractivity contribution in [3.05, 3.63) is 203 Å². The van der Waals surface area contributed by atoms with Gasteiger partial charge in [0.15, 0.2) is 17.5 Å². The summed E-state index contributed by atoms with van der Waals surface area (Å²) >= 11 is 0.672. The normalized spacial score (nSPS) is 23.3. The van der Waals surface area contributed by atoms with E-state index in [1.165, 1.54) is 74.6 Å². The fraction of sp³-hybridized carbons (Fsp3) is 0.449. The first kappa shape index (κ1) is 106. The second kappa shape index (κ2) is 49.2. The largest absolute Gasteiger partial charge is 0.508 e. The summed E-state index contributed by atoms with van der Waals surface area (Å²) in [4.78, 5) is 249. The summed E-state index contributed by atoms with van der Waals surface area (Å²) in [5.74, 6) is -23.6. The van der Waals surface area contributed by atoms with Crippen molar-refractivity contribution >= 4 is 117 Å². The SMILES string of the molecule is CCCC[C@H]1C(=O)N2CCC[C@@H]2C(=O)N[C@@H](CC(=O)O)C(=O)N[C@@H](C(C)(C)C)C(=O)N(C)[C@@H](Cc2ccccc2)C(=O)N[C@@H](Cc2ccc(O)cc2)C(=O)N2CCOC[C@@H]2C(=O)N[C@H](Cc2c[nH]c3ccccc23)C(=O)N[C@@H](Cc2ccc(O)cc2)C(=O)N[C@@H](CC(C)C)C(=O)N[C@H](C(=O)NCC(N)=O)CSCC(=O)N[C@@H](Cc2cc(F)c(F)c(F)c2)C(=O)N(C)[C@@H](Cc2ccccc2)C(=O)N1C. The summed E-state index contributed by atoms with van der Waals surface area (Å²) in [7, 11) is 3.76. The number of carboxylic acid groups (broad SMARTS) is 1. The number of para-hydroxylation sites is 1. The van der Waals surface area contributed by atoms with Crippen LogP contribution in [0.15, 0.2) is 152 Å². The molecule has 0 radical (unpaired) electrons. The monoisotopic (exact) mass is 1930 g/mol. The first-order chi connectivity index (χ1) is 65.6. The molecule has 0 bridgehead atoms. The molecule has 15 N–H and O–H groups in total. The summed E-state index contributed by atoms with van der Waals surface area (Å²) in [5, 5.41) is 55.9. The van der Waals surface area contributed by atoms with Crippen molar-refractivity contribution in [2.24, 2.45) is 17.1 Å². The predicted octanol–water partition coefficient (Wildman–Crippen LogP) is 3.44. The van der Waals surface area contributed by atoms with Gasteiger partial charge in [-0.15, -0.1) is 11.8 Å². The molecule has 6 aromatic carbocycles. The quantitative estimate of drug-likeness (QED) is 0.0432. The van der Waals surface area contributed by atoms with Crippen molar-refractivity contribution in [1.82, 2.24) is 77.3 Å². The second-order valence-corrected chi connectivity index (χ2v) is 37.4. The molecule has 36 nitrogen and oxygen atoms in total. The minimum atomic E-state index is -1.97. The van der Waals surface area contributed by atoms with Gasteiger partial charge in [-0.1, -0.05) is 158 Å². The number of aromatic nitrogens is 1. The average molecular weight is 1930 g/mol. The van der Waals surface area contributed by atoms with Crippen LogP contribution in [-0.4, -0.2) is 283 Å². The summed E-state index contributed by atoms with van der Waals surface area (Å²) in [6, 6.07) is 14.6. The number of fused-ring (bicyclic) bond motifs is 3. The number of carbonyl (C=O) groups excluding carboxylic acids is 15. The number of halogens is 3. The Hall–Kier alpha value is -13.9. The van der Waals surface area contributed by atoms with E-state index in [0.29, 0.717) is 69.0 Å². The number of carboxylic acids is 1. The fourth-order valence-electron chi connectivity index (χ4n) is 16.9. The number of benzene rings is 6. The number of aliphatic carboxylic acids is 1. The lowest BCUT2D eigenvalue weighted by atomic mass is 9.85. The van der Waals surface area contributed by atoms with Crippen LogP contribution < -0.4 is 53.6 Å². The molecular weight excluding hydrogens is 1810 g/mol. The molecule has 3 saturated heterocycles. The fourth-order valence-corrected chi connectivity index (χ4v) is 17.8. The molecule has 3 aliphatic heterocycles. The summed E-state index contributed by atoms with van der Waals surface area (Å²) in [6.45, 7) is 8.07. The highest BCUT2D eigenvalue weighted by molar-refractivity contribution is 8.00. The second-order valence-electron chi connectivity index (χ2n) is 36.3. The minimum Gasteiger partial charge on any atom is -0.508 e. The molecule has 3 aliphatic rings. The van der Waals surface area contributed by atoms with Crippen LogP contribution in [0.1, 0.15) is 120 Å². The standard InChI is InChI=1S/C98H121F3N16O20S/c1-10-11-27-76-96(135)116-37-20-28-75(116)90(129)109-71(49-82(122)123)89(128)112-84(98(4,5)6)97(136)114(8)77(46-56-21-14-12-15-22-56)91(130)110-73(44-59-31-35-63(119)36-32-59)94(133)117-38-39-137-52-79(117)92(131)108-70(48-61-50-103-67-26-19-18-25-64(61)67)88(127)107-69(43-58-29-33-62(118)34-30-58)87(126)106-68(40-55(2)3)86(125)111-74(85(124)104-51-80(102)120)53-138-54-81(121)105-72(45-60-41-65(99)83(101)66(100)42-60)93(132)115(9)78(95(134)113(76)7)47-57-23-16-13-17-24-57/h12-19,21-26,29-36,41-42,50,55,68-79,84,103,118-119H,10-11,20,27-28,37-40,43-49,51-54H2,1-9H3,(H2,102,120)(H,104,124)(H,105,121)(H,106,126)(H,107,127)(H,108,131)(H,109,129)(H,110,130)(H,111,125)(H,112,128)(H,122,123)/t68-,69-,70+,71-,72-,73-,74-,75+,76-,77-,78-,79+,84+/m0/s1. The van der Waals surface area contributed by atoms with Gasteiger partial charge in [-0.05, 0) is 113 Å². The van der Waals surface area contributed by atoms with Crippen molar-refractivity contribution < 1.29 is 110 Å². The Morgan fingerprint density at radius 2 is 1.03 bits per heavy atom. The Kier molecular flexibility index (Phi) is 37.8. The molecule has 0 spiro atoms. The molecule has 4 heterocycles. The number of morpholine rings is 1. The van der Waals surface area contributed by atoms with E-state index in [1.54, 1.807) is 126 Å². The van der Waals surface area contributed by atoms with Gasteiger partial charge in [0.1, 0.15) is 90.0 Å². The molecule has 3 fully saturated rings. The van der Waals surface area contributed by atoms with Gasteiger partial charge in [-0.25, -0.2) is 13.2 Å². The molecule has 0 aliphatic carbocycles. The van der Waals surface area contributed by atoms with E-state index < -0.39 is 239 Å². The van der Waals surface area contributed by atoms with Crippen LogP contribution in [0.3, 0.4) is 0 Å². The third kappa shape index (κ3) is 29.1. The van der Waals surface area contributed by atoms with Crippen molar-refractivity contribution in [1.29, 1.82) is 0 Å². The van der Waals surface area contributed by atoms with E-state index in [2.05, 4.69) is 52.8 Å². The predicted molar refractivity (Wildman–Crippen MR) is 502 cm³/mol. The van der Waals surface area contributed by atoms with Gasteiger partial charge in [0.2, 0.25) is 88.6 Å². The number of hydrogen-bond acceptors (Lipinski definition) is 20. The third-order valence-corrected chi connectivity index (χ3v) is 25.5. The van der Waals surface area contributed by atoms with Crippen molar-refractivity contribution in [3.8, 4) is 11.5 Å². The van der Waals surface area contributed by atoms with Gasteiger partial charge in [-0.2, -0.15) is 0 Å². The number of aromatic amines is 1. The number of nitrogens with one attached hydrogen (secondary N) is 10. The highest BCUT2D eigenvalue weighted by Gasteiger charge is 2.47. The molecule has 0 unspecified atom stereocenters. The van der Waals surface area contributed by atoms with Gasteiger partial charge < -0.3 is 103 Å². The van der Waals surface area contributed by atoms with Gasteiger partial charge >= 0.3 is 5.97 Å². The van der Waals surface area contributed by atoms with Crippen LogP contribution in [0.4, 0.5) is 13.2 Å². The van der Waals surface area contributed by atoms with E-state index in [0.717, 1.165) is 19.6 Å². The minimum absolute atomic E-state index is 0.0518. The Bertz CT molecular complexity index is 5520. The Morgan fingerprint density at radius 3 is 1.62 bits per heavy atom. The number of nitrogens with zero attached hydrogens (tertiary/aromatic N) is 5. The van der Waals surface area contributed by atoms with E-state index in [9.17, 15) is 38.9 Å². The summed E-state index contributed by atoms with van der Waals surface area (Å²) in [6.07, 6.45) is -1.17. The van der Waals surface area contributed by atoms with Gasteiger partial charge in [-0.3, -0.25) is 76.7 Å². The van der Waals surface area contributed by atoms with E-state index in [4.69, 9.17) is 10.5 Å². The van der Waals surface area contributed by atoms with E-state index in [-0.39, 0.29) is 101 Å². The highest BCUT2D eigenvalue weighted by Crippen LogP contribution is 2.30. The molecule has 40 heteroatoms. The zero-order valence-corrected chi connectivity index (χ0v) is 79.1. The average Bonchev–Trinajstić information content (AvgIpc) is 1.44. The number of likely N-dealkylation sites (N-methyl/N-ethyl adjacent to an activating group) is 3. The number of carbonyl (C=O) groups is 16. The van der Waals surface area contributed by atoms with Gasteiger partial charge in [0.25, 0.3) is 0 Å². The van der Waals surface area contributed by atoms with Crippen molar-refractivity contribution in [2.45, 2.75) is 204 Å². The molecule has 7 aromatic rings. The molecular formula is C98H121F3N16O20S. The van der Waals surface area contributed by atoms with E-state index in [1.807, 2.05) is 6.92 Å². The van der Waals surface area contributed by atoms with E-state index >= 15 is 66.3 Å². The Labute approximate surface area is 800 Å². The number of H-pyrrole nitrogens is 1. The zero-order chi connectivity index (χ0) is 101. The highest BCUT2D eigenvalue weighted by atomic mass is 32.2. The first-order valence-electron chi connectivity index (χ1n) is 45.7. The van der Waals surface area contributed by atoms with Crippen molar-refractivity contribution in [3.63, 3.8) is 0 Å². The molecule has 138 heavy (non-hydrogen) atoms. The molecule has 740 valence electrons. The number of hydrogen-bond donors (Lipinski definition) is 14. The third-order valence-electron chi connectivity index (χ3n) is 24.4. The topological polar surface area (TPSA) is 509 Å². The van der Waals surface area contributed by atoms with Crippen LogP contribution in [0.2, 0.25) is 0 Å². The van der Waals surface area contributed by atoms with Crippen LogP contribution >= 0.6 is 11.8 Å². The van der Waals surface area contributed by atoms with Gasteiger partial charge in [0.05, 0.1) is 31.9 Å². The lowest BCUT2D eigenvalue weighted by Gasteiger charge is -2.39. The summed E-state index contributed by atoms with van der Waals surface area (Å²) in [5.41, 5.74) is 6.55. The number of amides is 15. The number of thioether (sulfide) groups is 1. The lowest BCUT2D eigenvalue weighted by Crippen LogP contribution is -2.64. The molecule has 0 saturated carbocycles. The first-order valence-corrected chi connectivity index (χ1v) is 46.8. The number of unbranched alkanes of at least 4 members (excludes halogenated alkanes) is 1. The zero-order valence-electron chi connectivity index (χ0n) is 78.3. The van der Waals surface area contributed by atoms with Crippen molar-refractivity contribution in [2.75, 3.05) is 65.5 Å². The maximum Gasteiger partial charge on any atom is 0.305 e. The number of rotatable bonds is 22. The maximum atomic E-state index is 15.9. The Balaban J connectivity index is 1.07. The number of aromatic hydroxyl groups is 2. The van der Waals surface area contributed by atoms with Gasteiger partial charge in [0, 0.05) is 95.6 Å². The maximum absolute atomic E-state index is 15.9. The smallest absolute Gasteiger partial charge is 0.305 e. The number of ether oxygens (including phenoxy) is 1. The number of primary amides is 1. The number of phenols is 2. The number of nitrogens with two attached hydrogens (primary N) is 1. The Morgan fingerprint density at radius 1 is 0.529 bits per heavy atom. The lowest BCUT2D eigenvalue weighted by molar-refractivity contribution is -0.152. The molecule has 10 rings (SSSR count). The molecule has 15 amide bonds.